The van der Waals surface area contributed by atoms with Crippen LogP contribution in [0.1, 0.15) is 57.1 Å². The van der Waals surface area contributed by atoms with E-state index in [0.29, 0.717) is 37.5 Å². The molecule has 2 aromatic carbocycles. The lowest BCUT2D eigenvalue weighted by Crippen LogP contribution is -2.48. The second-order valence-electron chi connectivity index (χ2n) is 11.7. The van der Waals surface area contributed by atoms with Crippen molar-refractivity contribution in [2.45, 2.75) is 52.6 Å². The van der Waals surface area contributed by atoms with E-state index in [2.05, 4.69) is 10.3 Å². The summed E-state index contributed by atoms with van der Waals surface area (Å²) in [5.41, 5.74) is 3.57. The number of carbonyl (C=O) groups is 1. The van der Waals surface area contributed by atoms with Crippen molar-refractivity contribution in [2.75, 3.05) is 32.8 Å². The van der Waals surface area contributed by atoms with E-state index in [9.17, 15) is 18.1 Å². The lowest BCUT2D eigenvalue weighted by Gasteiger charge is -2.41. The number of hydrogen-bond acceptors (Lipinski definition) is 5. The third-order valence-electron chi connectivity index (χ3n) is 7.41. The van der Waals surface area contributed by atoms with Crippen LogP contribution in [0.3, 0.4) is 0 Å². The Kier molecular flexibility index (Phi) is 10.2. The molecule has 0 radical (unpaired) electrons. The number of amides is 1. The van der Waals surface area contributed by atoms with E-state index in [1.54, 1.807) is 4.90 Å². The second kappa shape index (κ2) is 13.6. The molecule has 3 atom stereocenters. The van der Waals surface area contributed by atoms with Gasteiger partial charge in [0.25, 0.3) is 0 Å². The molecule has 0 aliphatic carbocycles. The van der Waals surface area contributed by atoms with Crippen LogP contribution in [-0.4, -0.2) is 59.7 Å². The van der Waals surface area contributed by atoms with Crippen LogP contribution in [0.5, 0.6) is 0 Å². The first-order valence-corrected chi connectivity index (χ1v) is 14.1. The van der Waals surface area contributed by atoms with Crippen molar-refractivity contribution < 1.29 is 22.8 Å². The number of rotatable bonds is 12. The minimum atomic E-state index is -0.611. The predicted molar refractivity (Wildman–Crippen MR) is 153 cm³/mol. The molecule has 3 unspecified atom stereocenters. The molecular weight excluding hydrogens is 531 g/mol. The van der Waals surface area contributed by atoms with Crippen LogP contribution in [0.25, 0.3) is 11.4 Å². The zero-order valence-corrected chi connectivity index (χ0v) is 24.1. The Bertz CT molecular complexity index is 1290. The monoisotopic (exact) mass is 571 g/mol. The number of H-pyrrole nitrogens is 1. The first-order valence-electron chi connectivity index (χ1n) is 14.1. The number of ether oxygens (including phenoxy) is 1. The molecule has 1 aromatic heterocycles. The number of carbonyl (C=O) groups excluding carboxylic acids is 1. The summed E-state index contributed by atoms with van der Waals surface area (Å²) < 4.78 is 48.4. The van der Waals surface area contributed by atoms with Crippen molar-refractivity contribution in [1.29, 1.82) is 0 Å². The third-order valence-corrected chi connectivity index (χ3v) is 7.41. The van der Waals surface area contributed by atoms with Crippen LogP contribution >= 0.6 is 0 Å². The van der Waals surface area contributed by atoms with Crippen LogP contribution in [0, 0.1) is 23.0 Å². The molecule has 1 aliphatic rings. The standard InChI is InChI=1S/C31H40F3N5O2/c1-5-13-41-19-27(40)39(18-21-16-35-17-26(21)38-34)29(31(2,3)4)28-25(14-20-9-7-6-8-10-20)36-30(37-28)23-15-22(32)11-12-24(23)33/h6-12,15,21,26,29,35,38H,5,13-14,16-19H2,1-4H3,(H,36,37). The number of imidazole rings is 1. The first kappa shape index (κ1) is 30.7. The number of aromatic nitrogens is 2. The second-order valence-corrected chi connectivity index (χ2v) is 11.7. The van der Waals surface area contributed by atoms with E-state index in [1.165, 1.54) is 0 Å². The van der Waals surface area contributed by atoms with Gasteiger partial charge in [-0.15, -0.1) is 4.48 Å². The van der Waals surface area contributed by atoms with Gasteiger partial charge in [0.1, 0.15) is 24.1 Å². The van der Waals surface area contributed by atoms with Gasteiger partial charge in [0.05, 0.1) is 23.3 Å². The number of halogens is 3. The fourth-order valence-corrected chi connectivity index (χ4v) is 5.46. The van der Waals surface area contributed by atoms with Gasteiger partial charge in [-0.2, -0.15) is 5.54 Å². The highest BCUT2D eigenvalue weighted by Gasteiger charge is 2.41. The molecule has 3 N–H and O–H groups in total. The van der Waals surface area contributed by atoms with E-state index in [4.69, 9.17) is 9.72 Å². The van der Waals surface area contributed by atoms with E-state index < -0.39 is 29.1 Å². The zero-order chi connectivity index (χ0) is 29.6. The predicted octanol–water partition coefficient (Wildman–Crippen LogP) is 5.35. The summed E-state index contributed by atoms with van der Waals surface area (Å²) >= 11 is 0. The van der Waals surface area contributed by atoms with E-state index >= 15 is 0 Å². The molecule has 0 saturated carbocycles. The first-order chi connectivity index (χ1) is 19.6. The fraction of sp³-hybridized carbons (Fsp3) is 0.484. The van der Waals surface area contributed by atoms with Gasteiger partial charge >= 0.3 is 0 Å². The lowest BCUT2D eigenvalue weighted by molar-refractivity contribution is -0.142. The van der Waals surface area contributed by atoms with Gasteiger partial charge in [0.15, 0.2) is 0 Å². The average molecular weight is 572 g/mol. The number of aromatic amines is 1. The minimum absolute atomic E-state index is 0.00376. The van der Waals surface area contributed by atoms with Crippen molar-refractivity contribution in [2.24, 2.45) is 11.3 Å². The number of nitrogens with one attached hydrogen (secondary N) is 3. The van der Waals surface area contributed by atoms with Crippen LogP contribution in [0.4, 0.5) is 13.3 Å². The Labute approximate surface area is 239 Å². The minimum Gasteiger partial charge on any atom is -0.372 e. The smallest absolute Gasteiger partial charge is 0.249 e. The molecule has 1 fully saturated rings. The molecule has 1 amide bonds. The summed E-state index contributed by atoms with van der Waals surface area (Å²) in [4.78, 5) is 23.7. The Balaban J connectivity index is 1.84. The Morgan fingerprint density at radius 3 is 2.61 bits per heavy atom. The largest absolute Gasteiger partial charge is 0.372 e. The summed E-state index contributed by atoms with van der Waals surface area (Å²) in [6, 6.07) is 11.9. The fourth-order valence-electron chi connectivity index (χ4n) is 5.46. The zero-order valence-electron chi connectivity index (χ0n) is 24.1. The van der Waals surface area contributed by atoms with Crippen LogP contribution in [0.2, 0.25) is 0 Å². The summed E-state index contributed by atoms with van der Waals surface area (Å²) in [6.07, 6.45) is 1.19. The number of benzene rings is 2. The van der Waals surface area contributed by atoms with Crippen molar-refractivity contribution in [3.8, 4) is 11.4 Å². The Morgan fingerprint density at radius 1 is 1.17 bits per heavy atom. The molecule has 4 rings (SSSR count). The van der Waals surface area contributed by atoms with Gasteiger partial charge in [-0.05, 0) is 35.6 Å². The normalized spacial score (nSPS) is 18.0. The van der Waals surface area contributed by atoms with Crippen molar-refractivity contribution in [3.05, 3.63) is 77.1 Å². The number of nitrogens with zero attached hydrogens (tertiary/aromatic N) is 2. The SMILES string of the molecule is CCCOCC(=O)N(CC1CNCC1NF)C(c1nc(-c2cc(F)ccc2F)[nH]c1Cc1ccccc1)C(C)(C)C. The van der Waals surface area contributed by atoms with E-state index in [1.807, 2.05) is 63.6 Å². The maximum absolute atomic E-state index is 14.9. The molecular formula is C31H40F3N5O2. The Morgan fingerprint density at radius 2 is 1.93 bits per heavy atom. The average Bonchev–Trinajstić information content (AvgIpc) is 3.56. The van der Waals surface area contributed by atoms with Gasteiger partial charge in [-0.3, -0.25) is 4.79 Å². The van der Waals surface area contributed by atoms with Gasteiger partial charge in [-0.25, -0.2) is 13.8 Å². The topological polar surface area (TPSA) is 82.3 Å². The van der Waals surface area contributed by atoms with Gasteiger partial charge in [-0.1, -0.05) is 58.0 Å². The van der Waals surface area contributed by atoms with Crippen LogP contribution < -0.4 is 10.9 Å². The summed E-state index contributed by atoms with van der Waals surface area (Å²) in [5.74, 6) is -1.45. The third kappa shape index (κ3) is 7.55. The Hall–Kier alpha value is -3.21. The maximum Gasteiger partial charge on any atom is 0.249 e. The molecule has 1 aliphatic heterocycles. The highest BCUT2D eigenvalue weighted by Crippen LogP contribution is 2.41. The van der Waals surface area contributed by atoms with Crippen molar-refractivity contribution in [1.82, 2.24) is 25.7 Å². The highest BCUT2D eigenvalue weighted by molar-refractivity contribution is 5.78. The molecule has 41 heavy (non-hydrogen) atoms. The molecule has 2 heterocycles. The van der Waals surface area contributed by atoms with E-state index in [-0.39, 0.29) is 36.4 Å². The molecule has 3 aromatic rings. The molecule has 1 saturated heterocycles. The highest BCUT2D eigenvalue weighted by atomic mass is 19.2. The number of hydrogen-bond donors (Lipinski definition) is 3. The van der Waals surface area contributed by atoms with Gasteiger partial charge < -0.3 is 19.9 Å². The van der Waals surface area contributed by atoms with Gasteiger partial charge in [0, 0.05) is 44.3 Å². The molecule has 0 spiro atoms. The van der Waals surface area contributed by atoms with Crippen LogP contribution in [-0.2, 0) is 16.0 Å². The summed E-state index contributed by atoms with van der Waals surface area (Å²) in [7, 11) is 0. The summed E-state index contributed by atoms with van der Waals surface area (Å²) in [5, 5.41) is 3.20. The maximum atomic E-state index is 14.9. The quantitative estimate of drug-likeness (QED) is 0.202. The van der Waals surface area contributed by atoms with Crippen molar-refractivity contribution >= 4 is 5.91 Å². The molecule has 7 nitrogen and oxygen atoms in total. The van der Waals surface area contributed by atoms with E-state index in [0.717, 1.165) is 30.2 Å². The molecule has 0 bridgehead atoms. The molecule has 10 heteroatoms. The molecule has 222 valence electrons. The van der Waals surface area contributed by atoms with Crippen molar-refractivity contribution in [3.63, 3.8) is 0 Å². The lowest BCUT2D eigenvalue weighted by atomic mass is 9.81. The summed E-state index contributed by atoms with van der Waals surface area (Å²) in [6.45, 7) is 9.53. The van der Waals surface area contributed by atoms with Crippen LogP contribution in [0.15, 0.2) is 48.5 Å². The van der Waals surface area contributed by atoms with Gasteiger partial charge in [0.2, 0.25) is 5.91 Å².